The number of H-pyrrole nitrogens is 1. The molecule has 0 spiro atoms. The summed E-state index contributed by atoms with van der Waals surface area (Å²) in [5.74, 6) is 0.350. The van der Waals surface area contributed by atoms with Crippen molar-refractivity contribution in [3.05, 3.63) is 21.7 Å². The van der Waals surface area contributed by atoms with Gasteiger partial charge in [0.25, 0.3) is 0 Å². The zero-order valence-corrected chi connectivity index (χ0v) is 8.36. The van der Waals surface area contributed by atoms with Crippen molar-refractivity contribution in [1.29, 1.82) is 5.26 Å². The normalized spacial score (nSPS) is 13.6. The smallest absolute Gasteiger partial charge is 0.309 e. The van der Waals surface area contributed by atoms with Crippen molar-refractivity contribution in [2.75, 3.05) is 5.75 Å². The summed E-state index contributed by atoms with van der Waals surface area (Å²) in [6.45, 7) is 0. The number of aromatic nitrogens is 2. The first kappa shape index (κ1) is 9.28. The Labute approximate surface area is 85.4 Å². The van der Waals surface area contributed by atoms with Crippen molar-refractivity contribution >= 4 is 11.8 Å². The van der Waals surface area contributed by atoms with Crippen LogP contribution in [0.1, 0.15) is 17.7 Å². The zero-order valence-electron chi connectivity index (χ0n) is 7.54. The third kappa shape index (κ3) is 1.66. The molecule has 1 heterocycles. The largest absolute Gasteiger partial charge is 0.346 e. The van der Waals surface area contributed by atoms with Crippen LogP contribution in [0.25, 0.3) is 0 Å². The number of aryl methyl sites for hydroxylation is 1. The quantitative estimate of drug-likeness (QED) is 0.577. The molecule has 0 unspecified atom stereocenters. The summed E-state index contributed by atoms with van der Waals surface area (Å²) in [7, 11) is 0. The van der Waals surface area contributed by atoms with E-state index in [-0.39, 0.29) is 5.69 Å². The van der Waals surface area contributed by atoms with Gasteiger partial charge >= 0.3 is 5.69 Å². The maximum absolute atomic E-state index is 11.2. The molecule has 0 atom stereocenters. The summed E-state index contributed by atoms with van der Waals surface area (Å²) in [5, 5.41) is 9.20. The van der Waals surface area contributed by atoms with E-state index in [1.54, 1.807) is 0 Å². The zero-order chi connectivity index (χ0) is 9.97. The topological polar surface area (TPSA) is 69.5 Å². The number of nitrogens with zero attached hydrogens (tertiary/aromatic N) is 2. The van der Waals surface area contributed by atoms with Gasteiger partial charge in [0, 0.05) is 11.3 Å². The lowest BCUT2D eigenvalue weighted by molar-refractivity contribution is 0.895. The Bertz CT molecular complexity index is 446. The van der Waals surface area contributed by atoms with E-state index in [0.717, 1.165) is 35.5 Å². The second-order valence-electron chi connectivity index (χ2n) is 3.10. The minimum absolute atomic E-state index is 0.300. The van der Waals surface area contributed by atoms with E-state index in [2.05, 4.69) is 9.97 Å². The van der Waals surface area contributed by atoms with Gasteiger partial charge in [0.05, 0.1) is 11.8 Å². The summed E-state index contributed by atoms with van der Waals surface area (Å²) < 4.78 is 0. The molecular weight excluding hydrogens is 198 g/mol. The molecule has 0 aliphatic heterocycles. The van der Waals surface area contributed by atoms with Crippen LogP contribution in [-0.4, -0.2) is 15.7 Å². The molecule has 0 aromatic carbocycles. The molecule has 0 bridgehead atoms. The number of nitrogens with one attached hydrogen (secondary N) is 1. The Kier molecular flexibility index (Phi) is 2.55. The maximum Gasteiger partial charge on any atom is 0.346 e. The average molecular weight is 207 g/mol. The second-order valence-corrected chi connectivity index (χ2v) is 4.07. The van der Waals surface area contributed by atoms with E-state index in [4.69, 9.17) is 5.26 Å². The third-order valence-corrected chi connectivity index (χ3v) is 3.09. The van der Waals surface area contributed by atoms with Gasteiger partial charge in [0.1, 0.15) is 5.03 Å². The predicted molar refractivity (Wildman–Crippen MR) is 53.2 cm³/mol. The van der Waals surface area contributed by atoms with Gasteiger partial charge in [0.2, 0.25) is 0 Å². The lowest BCUT2D eigenvalue weighted by Gasteiger charge is -2.03. The Morgan fingerprint density at radius 3 is 3.21 bits per heavy atom. The molecule has 72 valence electrons. The third-order valence-electron chi connectivity index (χ3n) is 2.21. The molecule has 1 N–H and O–H groups in total. The molecule has 0 amide bonds. The minimum atomic E-state index is -0.300. The first-order valence-corrected chi connectivity index (χ1v) is 5.41. The predicted octanol–water partition coefficient (Wildman–Crippen LogP) is 0.874. The fourth-order valence-corrected chi connectivity index (χ4v) is 2.40. The fourth-order valence-electron chi connectivity index (χ4n) is 1.65. The standard InChI is InChI=1S/C9H9N3OS/c10-4-5-14-8-6-2-1-3-7(6)11-9(13)12-8/h1-3,5H2,(H,11,12,13). The van der Waals surface area contributed by atoms with Gasteiger partial charge < -0.3 is 4.98 Å². The van der Waals surface area contributed by atoms with Crippen LogP contribution in [0, 0.1) is 11.3 Å². The van der Waals surface area contributed by atoms with Crippen molar-refractivity contribution < 1.29 is 0 Å². The molecule has 1 aliphatic carbocycles. The van der Waals surface area contributed by atoms with Crippen molar-refractivity contribution in [1.82, 2.24) is 9.97 Å². The fraction of sp³-hybridized carbons (Fsp3) is 0.444. The van der Waals surface area contributed by atoms with Crippen molar-refractivity contribution in [3.8, 4) is 6.07 Å². The van der Waals surface area contributed by atoms with E-state index >= 15 is 0 Å². The second kappa shape index (κ2) is 3.84. The summed E-state index contributed by atoms with van der Waals surface area (Å²) in [5.41, 5.74) is 1.83. The lowest BCUT2D eigenvalue weighted by Crippen LogP contribution is -2.14. The molecule has 2 rings (SSSR count). The maximum atomic E-state index is 11.2. The number of aromatic amines is 1. The molecule has 0 radical (unpaired) electrons. The van der Waals surface area contributed by atoms with Crippen LogP contribution in [0.2, 0.25) is 0 Å². The number of thioether (sulfide) groups is 1. The van der Waals surface area contributed by atoms with Crippen LogP contribution >= 0.6 is 11.8 Å². The molecular formula is C9H9N3OS. The Morgan fingerprint density at radius 2 is 2.43 bits per heavy atom. The van der Waals surface area contributed by atoms with Crippen molar-refractivity contribution in [3.63, 3.8) is 0 Å². The van der Waals surface area contributed by atoms with Crippen LogP contribution < -0.4 is 5.69 Å². The summed E-state index contributed by atoms with van der Waals surface area (Å²) >= 11 is 1.35. The molecule has 1 aromatic heterocycles. The van der Waals surface area contributed by atoms with Gasteiger partial charge in [-0.15, -0.1) is 0 Å². The SMILES string of the molecule is N#CCSc1nc(=O)[nH]c2c1CCC2. The lowest BCUT2D eigenvalue weighted by atomic mass is 10.3. The van der Waals surface area contributed by atoms with Gasteiger partial charge in [-0.3, -0.25) is 0 Å². The van der Waals surface area contributed by atoms with Gasteiger partial charge in [0.15, 0.2) is 0 Å². The van der Waals surface area contributed by atoms with Crippen LogP contribution in [0.3, 0.4) is 0 Å². The van der Waals surface area contributed by atoms with Crippen molar-refractivity contribution in [2.24, 2.45) is 0 Å². The van der Waals surface area contributed by atoms with Crippen LogP contribution in [0.4, 0.5) is 0 Å². The molecule has 4 nitrogen and oxygen atoms in total. The van der Waals surface area contributed by atoms with E-state index in [1.807, 2.05) is 6.07 Å². The highest BCUT2D eigenvalue weighted by molar-refractivity contribution is 7.99. The summed E-state index contributed by atoms with van der Waals surface area (Å²) in [4.78, 5) is 17.8. The molecule has 0 saturated carbocycles. The van der Waals surface area contributed by atoms with Gasteiger partial charge in [-0.2, -0.15) is 10.2 Å². The molecule has 1 aliphatic rings. The molecule has 0 fully saturated rings. The molecule has 5 heteroatoms. The molecule has 0 saturated heterocycles. The summed E-state index contributed by atoms with van der Waals surface area (Å²) in [6, 6.07) is 2.04. The average Bonchev–Trinajstić information content (AvgIpc) is 2.61. The number of hydrogen-bond donors (Lipinski definition) is 1. The first-order valence-electron chi connectivity index (χ1n) is 4.43. The van der Waals surface area contributed by atoms with Crippen LogP contribution in [0.15, 0.2) is 9.82 Å². The number of nitriles is 1. The van der Waals surface area contributed by atoms with E-state index < -0.39 is 0 Å². The molecule has 1 aromatic rings. The van der Waals surface area contributed by atoms with E-state index in [9.17, 15) is 4.79 Å². The Balaban J connectivity index is 2.39. The van der Waals surface area contributed by atoms with Crippen LogP contribution in [0.5, 0.6) is 0 Å². The minimum Gasteiger partial charge on any atom is -0.309 e. The van der Waals surface area contributed by atoms with E-state index in [0.29, 0.717) is 5.75 Å². The number of fused-ring (bicyclic) bond motifs is 1. The van der Waals surface area contributed by atoms with E-state index in [1.165, 1.54) is 11.8 Å². The van der Waals surface area contributed by atoms with Crippen molar-refractivity contribution in [2.45, 2.75) is 24.3 Å². The van der Waals surface area contributed by atoms with Crippen LogP contribution in [-0.2, 0) is 12.8 Å². The van der Waals surface area contributed by atoms with Gasteiger partial charge in [-0.05, 0) is 19.3 Å². The highest BCUT2D eigenvalue weighted by Crippen LogP contribution is 2.27. The Hall–Kier alpha value is -1.28. The summed E-state index contributed by atoms with van der Waals surface area (Å²) in [6.07, 6.45) is 2.96. The van der Waals surface area contributed by atoms with Gasteiger partial charge in [-0.1, -0.05) is 11.8 Å². The molecule has 14 heavy (non-hydrogen) atoms. The highest BCUT2D eigenvalue weighted by atomic mass is 32.2. The number of rotatable bonds is 2. The van der Waals surface area contributed by atoms with Gasteiger partial charge in [-0.25, -0.2) is 4.79 Å². The highest BCUT2D eigenvalue weighted by Gasteiger charge is 2.17. The first-order chi connectivity index (χ1) is 6.81. The Morgan fingerprint density at radius 1 is 1.57 bits per heavy atom. The monoisotopic (exact) mass is 207 g/mol. The number of hydrogen-bond acceptors (Lipinski definition) is 4.